The lowest BCUT2D eigenvalue weighted by atomic mass is 10.2. The molecule has 0 fully saturated rings. The molecule has 0 aliphatic carbocycles. The molecule has 0 bridgehead atoms. The molecule has 3 aromatic rings. The quantitative estimate of drug-likeness (QED) is 0.750. The summed E-state index contributed by atoms with van der Waals surface area (Å²) in [5.41, 5.74) is 2.60. The van der Waals surface area contributed by atoms with Crippen LogP contribution in [0.15, 0.2) is 51.5 Å². The number of aromatic nitrogens is 1. The number of anilines is 1. The molecule has 0 radical (unpaired) electrons. The largest absolute Gasteiger partial charge is 0.459 e. The van der Waals surface area contributed by atoms with Crippen molar-refractivity contribution in [3.05, 3.63) is 59.7 Å². The fourth-order valence-electron chi connectivity index (χ4n) is 3.18. The average molecular weight is 365 g/mol. The first kappa shape index (κ1) is 17.1. The van der Waals surface area contributed by atoms with E-state index in [0.29, 0.717) is 29.6 Å². The van der Waals surface area contributed by atoms with Gasteiger partial charge in [-0.15, -0.1) is 0 Å². The van der Waals surface area contributed by atoms with Gasteiger partial charge in [0.25, 0.3) is 5.89 Å². The summed E-state index contributed by atoms with van der Waals surface area (Å²) in [6.07, 6.45) is 2.41. The summed E-state index contributed by atoms with van der Waals surface area (Å²) in [6, 6.07) is 11.3. The van der Waals surface area contributed by atoms with Gasteiger partial charge in [-0.2, -0.15) is 0 Å². The number of carbonyl (C=O) groups excluding carboxylic acids is 2. The Morgan fingerprint density at radius 1 is 1.22 bits per heavy atom. The van der Waals surface area contributed by atoms with Crippen molar-refractivity contribution in [3.63, 3.8) is 0 Å². The lowest BCUT2D eigenvalue weighted by Crippen LogP contribution is -2.40. The number of furan rings is 1. The molecule has 1 aliphatic heterocycles. The molecule has 4 rings (SSSR count). The Bertz CT molecular complexity index is 975. The van der Waals surface area contributed by atoms with E-state index in [1.807, 2.05) is 24.3 Å². The Labute approximate surface area is 156 Å². The van der Waals surface area contributed by atoms with E-state index in [0.717, 1.165) is 17.7 Å². The molecule has 27 heavy (non-hydrogen) atoms. The molecule has 138 valence electrons. The average Bonchev–Trinajstić information content (AvgIpc) is 3.40. The van der Waals surface area contributed by atoms with E-state index < -0.39 is 0 Å². The molecule has 1 N–H and O–H groups in total. The molecule has 0 spiro atoms. The minimum absolute atomic E-state index is 0.0416. The fraction of sp³-hybridized carbons (Fsp3) is 0.250. The standard InChI is InChI=1S/C20H19N3O4/c1-13-15(22-20(27-13)17-7-4-10-26-17)11-18(24)21-12-19(25)23-9-8-14-5-2-3-6-16(14)23/h2-7,10H,8-9,11-12H2,1H3,(H,21,24). The van der Waals surface area contributed by atoms with Crippen LogP contribution in [0.5, 0.6) is 0 Å². The zero-order valence-corrected chi connectivity index (χ0v) is 14.9. The van der Waals surface area contributed by atoms with Crippen LogP contribution in [0.3, 0.4) is 0 Å². The lowest BCUT2D eigenvalue weighted by molar-refractivity contribution is -0.124. The molecule has 0 atom stereocenters. The summed E-state index contributed by atoms with van der Waals surface area (Å²) in [5, 5.41) is 2.67. The van der Waals surface area contributed by atoms with E-state index in [1.165, 1.54) is 6.26 Å². The predicted octanol–water partition coefficient (Wildman–Crippen LogP) is 2.49. The molecule has 2 amide bonds. The van der Waals surface area contributed by atoms with Gasteiger partial charge in [-0.25, -0.2) is 4.98 Å². The highest BCUT2D eigenvalue weighted by molar-refractivity contribution is 5.98. The third kappa shape index (κ3) is 3.48. The van der Waals surface area contributed by atoms with Crippen molar-refractivity contribution in [2.75, 3.05) is 18.0 Å². The van der Waals surface area contributed by atoms with Gasteiger partial charge in [-0.1, -0.05) is 18.2 Å². The molecular formula is C20H19N3O4. The van der Waals surface area contributed by atoms with Crippen molar-refractivity contribution >= 4 is 17.5 Å². The Balaban J connectivity index is 1.35. The maximum atomic E-state index is 12.5. The second kappa shape index (κ2) is 7.11. The molecule has 0 saturated heterocycles. The summed E-state index contributed by atoms with van der Waals surface area (Å²) in [5.74, 6) is 0.994. The lowest BCUT2D eigenvalue weighted by Gasteiger charge is -2.17. The van der Waals surface area contributed by atoms with Crippen molar-refractivity contribution in [1.29, 1.82) is 0 Å². The minimum Gasteiger partial charge on any atom is -0.459 e. The molecule has 1 aromatic carbocycles. The molecule has 3 heterocycles. The van der Waals surface area contributed by atoms with Gasteiger partial charge in [0.2, 0.25) is 11.8 Å². The first-order valence-corrected chi connectivity index (χ1v) is 8.77. The summed E-state index contributed by atoms with van der Waals surface area (Å²) >= 11 is 0. The molecule has 0 saturated carbocycles. The van der Waals surface area contributed by atoms with Crippen molar-refractivity contribution in [1.82, 2.24) is 10.3 Å². The topological polar surface area (TPSA) is 88.6 Å². The van der Waals surface area contributed by atoms with Crippen LogP contribution in [0, 0.1) is 6.92 Å². The number of oxazole rings is 1. The molecule has 0 unspecified atom stereocenters. The number of benzene rings is 1. The van der Waals surface area contributed by atoms with Gasteiger partial charge in [0.1, 0.15) is 5.76 Å². The van der Waals surface area contributed by atoms with Crippen LogP contribution in [0.2, 0.25) is 0 Å². The number of hydrogen-bond acceptors (Lipinski definition) is 5. The molecular weight excluding hydrogens is 346 g/mol. The van der Waals surface area contributed by atoms with Crippen molar-refractivity contribution < 1.29 is 18.4 Å². The van der Waals surface area contributed by atoms with E-state index in [1.54, 1.807) is 24.0 Å². The zero-order valence-electron chi connectivity index (χ0n) is 14.9. The normalized spacial score (nSPS) is 12.9. The number of hydrogen-bond donors (Lipinski definition) is 1. The number of aryl methyl sites for hydroxylation is 1. The van der Waals surface area contributed by atoms with Gasteiger partial charge in [0.05, 0.1) is 24.9 Å². The van der Waals surface area contributed by atoms with E-state index in [2.05, 4.69) is 10.3 Å². The maximum Gasteiger partial charge on any atom is 0.263 e. The van der Waals surface area contributed by atoms with E-state index in [4.69, 9.17) is 8.83 Å². The van der Waals surface area contributed by atoms with Crippen LogP contribution >= 0.6 is 0 Å². The first-order valence-electron chi connectivity index (χ1n) is 8.77. The fourth-order valence-corrected chi connectivity index (χ4v) is 3.18. The van der Waals surface area contributed by atoms with Crippen molar-refractivity contribution in [3.8, 4) is 11.7 Å². The van der Waals surface area contributed by atoms with Gasteiger partial charge >= 0.3 is 0 Å². The summed E-state index contributed by atoms with van der Waals surface area (Å²) < 4.78 is 10.8. The van der Waals surface area contributed by atoms with Crippen LogP contribution in [0.4, 0.5) is 5.69 Å². The molecule has 1 aliphatic rings. The van der Waals surface area contributed by atoms with Gasteiger partial charge < -0.3 is 19.1 Å². The SMILES string of the molecule is Cc1oc(-c2ccco2)nc1CC(=O)NCC(=O)N1CCc2ccccc21. The number of para-hydroxylation sites is 1. The highest BCUT2D eigenvalue weighted by Crippen LogP contribution is 2.27. The Hall–Kier alpha value is -3.35. The minimum atomic E-state index is -0.279. The van der Waals surface area contributed by atoms with E-state index in [-0.39, 0.29) is 24.8 Å². The Morgan fingerprint density at radius 3 is 2.89 bits per heavy atom. The number of fused-ring (bicyclic) bond motifs is 1. The number of carbonyl (C=O) groups is 2. The van der Waals surface area contributed by atoms with E-state index >= 15 is 0 Å². The Morgan fingerprint density at radius 2 is 2.07 bits per heavy atom. The highest BCUT2D eigenvalue weighted by atomic mass is 16.4. The number of nitrogens with one attached hydrogen (secondary N) is 1. The number of nitrogens with zero attached hydrogens (tertiary/aromatic N) is 2. The second-order valence-electron chi connectivity index (χ2n) is 6.38. The summed E-state index contributed by atoms with van der Waals surface area (Å²) in [6.45, 7) is 2.34. The van der Waals surface area contributed by atoms with Gasteiger partial charge in [-0.05, 0) is 37.1 Å². The summed E-state index contributed by atoms with van der Waals surface area (Å²) in [7, 11) is 0. The molecule has 7 heteroatoms. The smallest absolute Gasteiger partial charge is 0.263 e. The molecule has 7 nitrogen and oxygen atoms in total. The summed E-state index contributed by atoms with van der Waals surface area (Å²) in [4.78, 5) is 30.7. The van der Waals surface area contributed by atoms with Crippen LogP contribution in [0.1, 0.15) is 17.0 Å². The molecule has 2 aromatic heterocycles. The van der Waals surface area contributed by atoms with E-state index in [9.17, 15) is 9.59 Å². The third-order valence-electron chi connectivity index (χ3n) is 4.58. The maximum absolute atomic E-state index is 12.5. The second-order valence-corrected chi connectivity index (χ2v) is 6.38. The monoisotopic (exact) mass is 365 g/mol. The first-order chi connectivity index (χ1) is 13.1. The van der Waals surface area contributed by atoms with Crippen LogP contribution in [-0.2, 0) is 22.4 Å². The van der Waals surface area contributed by atoms with Crippen molar-refractivity contribution in [2.45, 2.75) is 19.8 Å². The van der Waals surface area contributed by atoms with Gasteiger partial charge in [-0.3, -0.25) is 9.59 Å². The third-order valence-corrected chi connectivity index (χ3v) is 4.58. The van der Waals surface area contributed by atoms with Crippen LogP contribution in [-0.4, -0.2) is 29.9 Å². The Kier molecular flexibility index (Phi) is 4.50. The van der Waals surface area contributed by atoms with Crippen LogP contribution < -0.4 is 10.2 Å². The highest BCUT2D eigenvalue weighted by Gasteiger charge is 2.24. The number of amides is 2. The predicted molar refractivity (Wildman–Crippen MR) is 98.2 cm³/mol. The number of rotatable bonds is 5. The van der Waals surface area contributed by atoms with Gasteiger partial charge in [0.15, 0.2) is 5.76 Å². The van der Waals surface area contributed by atoms with Crippen molar-refractivity contribution in [2.24, 2.45) is 0 Å². The van der Waals surface area contributed by atoms with Crippen LogP contribution in [0.25, 0.3) is 11.7 Å². The van der Waals surface area contributed by atoms with Gasteiger partial charge in [0, 0.05) is 12.2 Å². The zero-order chi connectivity index (χ0) is 18.8.